The maximum Gasteiger partial charge on any atom is 0.190 e. The second-order valence-corrected chi connectivity index (χ2v) is 7.41. The van der Waals surface area contributed by atoms with Gasteiger partial charge in [0.2, 0.25) is 0 Å². The van der Waals surface area contributed by atoms with Gasteiger partial charge in [0.05, 0.1) is 16.2 Å². The number of hydrogen-bond acceptors (Lipinski definition) is 7. The molecule has 0 spiro atoms. The van der Waals surface area contributed by atoms with Crippen molar-refractivity contribution in [1.82, 2.24) is 0 Å². The van der Waals surface area contributed by atoms with Crippen molar-refractivity contribution in [2.45, 2.75) is 18.8 Å². The van der Waals surface area contributed by atoms with Gasteiger partial charge < -0.3 is 9.47 Å². The van der Waals surface area contributed by atoms with Crippen LogP contribution in [0.3, 0.4) is 0 Å². The van der Waals surface area contributed by atoms with Crippen LogP contribution in [0.25, 0.3) is 0 Å². The molecule has 0 bridgehead atoms. The molecule has 1 aromatic rings. The monoisotopic (exact) mass is 426 g/mol. The van der Waals surface area contributed by atoms with Gasteiger partial charge in [-0.3, -0.25) is 24.0 Å². The van der Waals surface area contributed by atoms with E-state index >= 15 is 0 Å². The van der Waals surface area contributed by atoms with Crippen LogP contribution in [0.2, 0.25) is 5.02 Å². The smallest absolute Gasteiger partial charge is 0.190 e. The second kappa shape index (κ2) is 7.59. The van der Waals surface area contributed by atoms with E-state index in [0.29, 0.717) is 5.56 Å². The van der Waals surface area contributed by atoms with E-state index in [4.69, 9.17) is 21.1 Å². The molecule has 3 aliphatic rings. The Morgan fingerprint density at radius 3 is 2.27 bits per heavy atom. The van der Waals surface area contributed by atoms with Crippen LogP contribution in [0.1, 0.15) is 45.0 Å². The Balaban J connectivity index is 1.98. The molecule has 0 aromatic heterocycles. The van der Waals surface area contributed by atoms with E-state index in [1.54, 1.807) is 0 Å². The van der Waals surface area contributed by atoms with E-state index in [1.165, 1.54) is 13.2 Å². The number of halogens is 1. The largest absolute Gasteiger partial charge is 0.465 e. The molecule has 0 amide bonds. The molecule has 3 aliphatic carbocycles. The Labute approximate surface area is 176 Å². The predicted octanol–water partition coefficient (Wildman–Crippen LogP) is 2.71. The summed E-state index contributed by atoms with van der Waals surface area (Å²) in [6, 6.07) is 1.46. The fourth-order valence-electron chi connectivity index (χ4n) is 4.07. The number of rotatable bonds is 4. The van der Waals surface area contributed by atoms with E-state index < -0.39 is 34.8 Å². The summed E-state index contributed by atoms with van der Waals surface area (Å²) < 4.78 is 10.3. The second-order valence-electron chi connectivity index (χ2n) is 7.00. The van der Waals surface area contributed by atoms with Crippen LogP contribution in [0.4, 0.5) is 0 Å². The highest BCUT2D eigenvalue weighted by Crippen LogP contribution is 2.45. The highest BCUT2D eigenvalue weighted by molar-refractivity contribution is 6.35. The fraction of sp³-hybridized carbons (Fsp3) is 0.227. The molecular formula is C22H15ClO7. The van der Waals surface area contributed by atoms with Crippen LogP contribution in [-0.4, -0.2) is 42.8 Å². The van der Waals surface area contributed by atoms with Gasteiger partial charge in [-0.25, -0.2) is 0 Å². The van der Waals surface area contributed by atoms with Crippen molar-refractivity contribution in [3.05, 3.63) is 63.2 Å². The number of ether oxygens (including phenoxy) is 2. The SMILES string of the molecule is COCOc1c(Cl)cc(C2CCC(=O)C3=C2C(=O)C=CC3=O)c2c1C(=O)C=CC2=O. The summed E-state index contributed by atoms with van der Waals surface area (Å²) in [5.41, 5.74) is 0.231. The Bertz CT molecular complexity index is 1140. The lowest BCUT2D eigenvalue weighted by Gasteiger charge is -2.30. The van der Waals surface area contributed by atoms with Gasteiger partial charge in [-0.15, -0.1) is 0 Å². The first kappa shape index (κ1) is 20.1. The lowest BCUT2D eigenvalue weighted by Crippen LogP contribution is -2.30. The lowest BCUT2D eigenvalue weighted by molar-refractivity contribution is -0.122. The number of Topliss-reactive ketones (excluding diaryl/α,β-unsaturated/α-hetero) is 1. The molecule has 30 heavy (non-hydrogen) atoms. The van der Waals surface area contributed by atoms with Crippen LogP contribution >= 0.6 is 11.6 Å². The first-order valence-corrected chi connectivity index (χ1v) is 9.52. The third kappa shape index (κ3) is 3.07. The minimum absolute atomic E-state index is 0.00648. The number of hydrogen-bond donors (Lipinski definition) is 0. The number of ketones is 5. The Morgan fingerprint density at radius 1 is 0.933 bits per heavy atom. The minimum Gasteiger partial charge on any atom is -0.465 e. The molecule has 0 heterocycles. The minimum atomic E-state index is -0.731. The average molecular weight is 427 g/mol. The molecule has 1 atom stereocenters. The van der Waals surface area contributed by atoms with Gasteiger partial charge in [0.25, 0.3) is 0 Å². The topological polar surface area (TPSA) is 104 Å². The van der Waals surface area contributed by atoms with Crippen LogP contribution in [-0.2, 0) is 19.1 Å². The summed E-state index contributed by atoms with van der Waals surface area (Å²) in [6.07, 6.45) is 4.68. The molecule has 0 radical (unpaired) electrons. The molecule has 8 heteroatoms. The first-order valence-electron chi connectivity index (χ1n) is 9.14. The van der Waals surface area contributed by atoms with Gasteiger partial charge >= 0.3 is 0 Å². The summed E-state index contributed by atoms with van der Waals surface area (Å²) in [6.45, 7) is -0.193. The number of allylic oxidation sites excluding steroid dienone is 6. The molecule has 7 nitrogen and oxygen atoms in total. The van der Waals surface area contributed by atoms with E-state index in [1.807, 2.05) is 0 Å². The fourth-order valence-corrected chi connectivity index (χ4v) is 4.34. The maximum atomic E-state index is 12.8. The highest BCUT2D eigenvalue weighted by atomic mass is 35.5. The van der Waals surface area contributed by atoms with Crippen molar-refractivity contribution in [3.8, 4) is 5.75 Å². The first-order chi connectivity index (χ1) is 14.3. The van der Waals surface area contributed by atoms with Crippen LogP contribution in [0.15, 0.2) is 41.5 Å². The zero-order valence-electron chi connectivity index (χ0n) is 15.8. The number of carbonyl (C=O) groups is 5. The summed E-state index contributed by atoms with van der Waals surface area (Å²) in [5, 5.41) is 0.0569. The zero-order chi connectivity index (χ0) is 21.6. The normalized spacial score (nSPS) is 20.6. The van der Waals surface area contributed by atoms with Gasteiger partial charge in [0.1, 0.15) is 0 Å². The van der Waals surface area contributed by atoms with Crippen LogP contribution < -0.4 is 4.74 Å². The average Bonchev–Trinajstić information content (AvgIpc) is 2.72. The van der Waals surface area contributed by atoms with Crippen LogP contribution in [0.5, 0.6) is 5.75 Å². The van der Waals surface area contributed by atoms with Gasteiger partial charge in [0, 0.05) is 30.6 Å². The van der Waals surface area contributed by atoms with Crippen molar-refractivity contribution < 1.29 is 33.4 Å². The number of carbonyl (C=O) groups excluding carboxylic acids is 5. The van der Waals surface area contributed by atoms with E-state index in [2.05, 4.69) is 0 Å². The number of methoxy groups -OCH3 is 1. The molecule has 0 N–H and O–H groups in total. The quantitative estimate of drug-likeness (QED) is 0.414. The lowest BCUT2D eigenvalue weighted by atomic mass is 9.71. The summed E-state index contributed by atoms with van der Waals surface area (Å²) in [4.78, 5) is 62.7. The molecule has 0 saturated heterocycles. The van der Waals surface area contributed by atoms with Crippen molar-refractivity contribution in [3.63, 3.8) is 0 Å². The van der Waals surface area contributed by atoms with Crippen molar-refractivity contribution in [2.75, 3.05) is 13.9 Å². The highest BCUT2D eigenvalue weighted by Gasteiger charge is 2.40. The maximum absolute atomic E-state index is 12.8. The third-order valence-electron chi connectivity index (χ3n) is 5.29. The Kier molecular flexibility index (Phi) is 5.09. The predicted molar refractivity (Wildman–Crippen MR) is 105 cm³/mol. The third-order valence-corrected chi connectivity index (χ3v) is 5.58. The summed E-state index contributed by atoms with van der Waals surface area (Å²) in [7, 11) is 1.40. The summed E-state index contributed by atoms with van der Waals surface area (Å²) >= 11 is 6.39. The van der Waals surface area contributed by atoms with Crippen molar-refractivity contribution in [2.24, 2.45) is 0 Å². The van der Waals surface area contributed by atoms with E-state index in [9.17, 15) is 24.0 Å². The molecular weight excluding hydrogens is 412 g/mol. The van der Waals surface area contributed by atoms with Gasteiger partial charge in [-0.1, -0.05) is 11.6 Å². The number of benzene rings is 1. The molecule has 1 unspecified atom stereocenters. The van der Waals surface area contributed by atoms with E-state index in [-0.39, 0.29) is 52.7 Å². The van der Waals surface area contributed by atoms with Gasteiger partial charge in [-0.05, 0) is 42.4 Å². The molecule has 4 rings (SSSR count). The van der Waals surface area contributed by atoms with Gasteiger partial charge in [0.15, 0.2) is 41.5 Å². The van der Waals surface area contributed by atoms with Crippen LogP contribution in [0, 0.1) is 0 Å². The molecule has 152 valence electrons. The van der Waals surface area contributed by atoms with E-state index in [0.717, 1.165) is 24.3 Å². The number of fused-ring (bicyclic) bond motifs is 1. The molecule has 0 aliphatic heterocycles. The molecule has 1 aromatic carbocycles. The molecule has 0 saturated carbocycles. The Morgan fingerprint density at radius 2 is 1.57 bits per heavy atom. The van der Waals surface area contributed by atoms with Crippen molar-refractivity contribution >= 4 is 40.5 Å². The Hall–Kier alpha value is -3.16. The van der Waals surface area contributed by atoms with Crippen molar-refractivity contribution in [1.29, 1.82) is 0 Å². The zero-order valence-corrected chi connectivity index (χ0v) is 16.6. The standard InChI is InChI=1S/C22H15ClO7/c1-29-9-30-22-12(23)8-11(19-14(25)5-7-17(28)21(19)22)10-2-3-15(26)20-16(27)6-4-13(24)18(10)20/h4-8,10H,2-3,9H2,1H3. The summed E-state index contributed by atoms with van der Waals surface area (Å²) in [5.74, 6) is -3.09. The molecule has 0 fully saturated rings. The van der Waals surface area contributed by atoms with Gasteiger partial charge in [-0.2, -0.15) is 0 Å².